The highest BCUT2D eigenvalue weighted by Gasteiger charge is 2.43. The Labute approximate surface area is 145 Å². The number of alkyl halides is 3. The number of anilines is 1. The van der Waals surface area contributed by atoms with Crippen LogP contribution in [0.3, 0.4) is 0 Å². The molecular weight excluding hydrogens is 349 g/mol. The van der Waals surface area contributed by atoms with Crippen LogP contribution in [-0.2, 0) is 4.74 Å². The molecule has 9 heteroatoms. The molecule has 1 unspecified atom stereocenters. The highest BCUT2D eigenvalue weighted by Crippen LogP contribution is 2.32. The normalized spacial score (nSPS) is 18.4. The van der Waals surface area contributed by atoms with Crippen LogP contribution >= 0.6 is 0 Å². The van der Waals surface area contributed by atoms with Crippen molar-refractivity contribution in [1.82, 2.24) is 15.0 Å². The number of rotatable bonds is 2. The molecule has 3 aromatic heterocycles. The van der Waals surface area contributed by atoms with Gasteiger partial charge in [0.05, 0.1) is 25.0 Å². The number of nitrogens with zero attached hydrogens (tertiary/aromatic N) is 2. The zero-order valence-electron chi connectivity index (χ0n) is 13.5. The number of aromatic nitrogens is 3. The lowest BCUT2D eigenvalue weighted by atomic mass is 10.1. The van der Waals surface area contributed by atoms with Gasteiger partial charge in [-0.05, 0) is 17.7 Å². The van der Waals surface area contributed by atoms with Crippen molar-refractivity contribution >= 4 is 16.7 Å². The lowest BCUT2D eigenvalue weighted by molar-refractivity contribution is -0.221. The van der Waals surface area contributed by atoms with Gasteiger partial charge >= 0.3 is 6.18 Å². The van der Waals surface area contributed by atoms with Crippen molar-refractivity contribution in [3.63, 3.8) is 0 Å². The maximum absolute atomic E-state index is 13.0. The van der Waals surface area contributed by atoms with E-state index in [1.165, 1.54) is 6.07 Å². The smallest absolute Gasteiger partial charge is 0.365 e. The van der Waals surface area contributed by atoms with Gasteiger partial charge in [0.2, 0.25) is 5.56 Å². The zero-order valence-corrected chi connectivity index (χ0v) is 13.5. The average molecular weight is 364 g/mol. The van der Waals surface area contributed by atoms with Gasteiger partial charge in [0.25, 0.3) is 0 Å². The van der Waals surface area contributed by atoms with Gasteiger partial charge in [-0.3, -0.25) is 4.79 Å². The van der Waals surface area contributed by atoms with E-state index in [9.17, 15) is 18.0 Å². The lowest BCUT2D eigenvalue weighted by Gasteiger charge is -2.35. The molecule has 26 heavy (non-hydrogen) atoms. The first-order chi connectivity index (χ1) is 12.4. The van der Waals surface area contributed by atoms with E-state index in [1.807, 2.05) is 0 Å². The Kier molecular flexibility index (Phi) is 3.95. The third-order valence-electron chi connectivity index (χ3n) is 4.40. The second-order valence-corrected chi connectivity index (χ2v) is 6.08. The van der Waals surface area contributed by atoms with E-state index in [4.69, 9.17) is 4.74 Å². The summed E-state index contributed by atoms with van der Waals surface area (Å²) in [6.07, 6.45) is -1.40. The van der Waals surface area contributed by atoms with Gasteiger partial charge in [0.1, 0.15) is 5.65 Å². The Morgan fingerprint density at radius 2 is 2.12 bits per heavy atom. The molecule has 0 aliphatic carbocycles. The molecule has 6 nitrogen and oxygen atoms in total. The number of halogens is 3. The molecule has 1 fully saturated rings. The molecule has 0 aromatic carbocycles. The van der Waals surface area contributed by atoms with Crippen LogP contribution in [0.4, 0.5) is 18.9 Å². The van der Waals surface area contributed by atoms with Crippen LogP contribution in [0, 0.1) is 0 Å². The SMILES string of the molecule is O=c1cc(-c2c[nH]c3ncc(N4CCOC(C(F)(F)F)C4)cc23)cc[nH]1. The quantitative estimate of drug-likeness (QED) is 0.733. The van der Waals surface area contributed by atoms with Crippen molar-refractivity contribution in [3.05, 3.63) is 47.1 Å². The first kappa shape index (κ1) is 16.6. The summed E-state index contributed by atoms with van der Waals surface area (Å²) in [5.74, 6) is 0. The maximum Gasteiger partial charge on any atom is 0.416 e. The summed E-state index contributed by atoms with van der Waals surface area (Å²) >= 11 is 0. The van der Waals surface area contributed by atoms with Crippen LogP contribution in [0.5, 0.6) is 0 Å². The number of aromatic amines is 2. The summed E-state index contributed by atoms with van der Waals surface area (Å²) in [7, 11) is 0. The van der Waals surface area contributed by atoms with Crippen LogP contribution in [-0.4, -0.2) is 46.9 Å². The van der Waals surface area contributed by atoms with E-state index in [0.29, 0.717) is 23.4 Å². The molecule has 136 valence electrons. The van der Waals surface area contributed by atoms with Gasteiger partial charge in [0.15, 0.2) is 6.10 Å². The molecule has 1 aliphatic rings. The molecular formula is C17H15F3N4O2. The molecule has 0 amide bonds. The molecule has 3 aromatic rings. The van der Waals surface area contributed by atoms with Crippen LogP contribution < -0.4 is 10.5 Å². The van der Waals surface area contributed by atoms with Gasteiger partial charge in [-0.2, -0.15) is 13.2 Å². The number of H-pyrrole nitrogens is 2. The average Bonchev–Trinajstić information content (AvgIpc) is 3.04. The monoisotopic (exact) mass is 364 g/mol. The summed E-state index contributed by atoms with van der Waals surface area (Å²) < 4.78 is 43.7. The van der Waals surface area contributed by atoms with Crippen molar-refractivity contribution in [2.45, 2.75) is 12.3 Å². The topological polar surface area (TPSA) is 74.0 Å². The summed E-state index contributed by atoms with van der Waals surface area (Å²) in [4.78, 5) is 23.1. The Morgan fingerprint density at radius 1 is 1.27 bits per heavy atom. The van der Waals surface area contributed by atoms with E-state index in [2.05, 4.69) is 15.0 Å². The molecule has 1 aliphatic heterocycles. The maximum atomic E-state index is 13.0. The predicted octanol–water partition coefficient (Wildman–Crippen LogP) is 2.69. The van der Waals surface area contributed by atoms with E-state index >= 15 is 0 Å². The largest absolute Gasteiger partial charge is 0.416 e. The Morgan fingerprint density at radius 3 is 2.88 bits per heavy atom. The van der Waals surface area contributed by atoms with E-state index in [0.717, 1.165) is 10.9 Å². The predicted molar refractivity (Wildman–Crippen MR) is 90.2 cm³/mol. The van der Waals surface area contributed by atoms with Crippen LogP contribution in [0.15, 0.2) is 41.6 Å². The highest BCUT2D eigenvalue weighted by molar-refractivity contribution is 5.95. The van der Waals surface area contributed by atoms with E-state index in [1.54, 1.807) is 35.6 Å². The minimum absolute atomic E-state index is 0.00370. The number of nitrogens with one attached hydrogen (secondary N) is 2. The Hall–Kier alpha value is -2.81. The fourth-order valence-corrected chi connectivity index (χ4v) is 3.10. The lowest BCUT2D eigenvalue weighted by Crippen LogP contribution is -2.49. The number of pyridine rings is 2. The van der Waals surface area contributed by atoms with E-state index < -0.39 is 12.3 Å². The second kappa shape index (κ2) is 6.17. The molecule has 2 N–H and O–H groups in total. The zero-order chi connectivity index (χ0) is 18.3. The molecule has 0 bridgehead atoms. The summed E-state index contributed by atoms with van der Waals surface area (Å²) in [5.41, 5.74) is 2.42. The van der Waals surface area contributed by atoms with Crippen LogP contribution in [0.25, 0.3) is 22.2 Å². The van der Waals surface area contributed by atoms with Gasteiger partial charge in [-0.1, -0.05) is 0 Å². The number of hydrogen-bond acceptors (Lipinski definition) is 4. The van der Waals surface area contributed by atoms with Crippen molar-refractivity contribution < 1.29 is 17.9 Å². The van der Waals surface area contributed by atoms with Crippen molar-refractivity contribution in [1.29, 1.82) is 0 Å². The molecule has 4 heterocycles. The molecule has 1 atom stereocenters. The van der Waals surface area contributed by atoms with Gasteiger partial charge in [0, 0.05) is 36.0 Å². The second-order valence-electron chi connectivity index (χ2n) is 6.08. The number of fused-ring (bicyclic) bond motifs is 1. The Balaban J connectivity index is 1.71. The minimum Gasteiger partial charge on any atom is -0.365 e. The molecule has 0 saturated carbocycles. The third kappa shape index (κ3) is 3.05. The number of ether oxygens (including phenoxy) is 1. The molecule has 1 saturated heterocycles. The van der Waals surface area contributed by atoms with Crippen LogP contribution in [0.2, 0.25) is 0 Å². The fraction of sp³-hybridized carbons (Fsp3) is 0.294. The number of hydrogen-bond donors (Lipinski definition) is 2. The first-order valence-electron chi connectivity index (χ1n) is 8.01. The molecule has 0 spiro atoms. The summed E-state index contributed by atoms with van der Waals surface area (Å²) in [6, 6.07) is 5.00. The standard InChI is InChI=1S/C17H15F3N4O2/c18-17(19,20)14-9-24(3-4-26-14)11-6-12-13(8-23-16(12)22-7-11)10-1-2-21-15(25)5-10/h1-2,5-8,14H,3-4,9H2,(H,21,25)(H,22,23). The molecule has 4 rings (SSSR count). The van der Waals surface area contributed by atoms with Crippen molar-refractivity contribution in [3.8, 4) is 11.1 Å². The van der Waals surface area contributed by atoms with Gasteiger partial charge in [-0.15, -0.1) is 0 Å². The van der Waals surface area contributed by atoms with Crippen molar-refractivity contribution in [2.75, 3.05) is 24.6 Å². The Bertz CT molecular complexity index is 995. The first-order valence-corrected chi connectivity index (χ1v) is 8.01. The van der Waals surface area contributed by atoms with Gasteiger partial charge < -0.3 is 19.6 Å². The molecule has 0 radical (unpaired) electrons. The summed E-state index contributed by atoms with van der Waals surface area (Å²) in [6.45, 7) is 0.0717. The number of morpholine rings is 1. The summed E-state index contributed by atoms with van der Waals surface area (Å²) in [5, 5.41) is 0.739. The minimum atomic E-state index is -4.40. The third-order valence-corrected chi connectivity index (χ3v) is 4.40. The van der Waals surface area contributed by atoms with Crippen LogP contribution in [0.1, 0.15) is 0 Å². The van der Waals surface area contributed by atoms with E-state index in [-0.39, 0.29) is 18.7 Å². The van der Waals surface area contributed by atoms with Crippen molar-refractivity contribution in [2.24, 2.45) is 0 Å². The fourth-order valence-electron chi connectivity index (χ4n) is 3.10. The van der Waals surface area contributed by atoms with Gasteiger partial charge in [-0.25, -0.2) is 4.98 Å². The highest BCUT2D eigenvalue weighted by atomic mass is 19.4.